The van der Waals surface area contributed by atoms with E-state index < -0.39 is 21.9 Å². The maximum Gasteiger partial charge on any atom is 0.375 e. The molecule has 9 nitrogen and oxygen atoms in total. The van der Waals surface area contributed by atoms with Gasteiger partial charge in [-0.1, -0.05) is 0 Å². The van der Waals surface area contributed by atoms with Gasteiger partial charge in [0.15, 0.2) is 0 Å². The Morgan fingerprint density at radius 3 is 2.95 bits per heavy atom. The lowest BCUT2D eigenvalue weighted by molar-refractivity contribution is -0.117. The largest absolute Gasteiger partial charge is 0.463 e. The van der Waals surface area contributed by atoms with Gasteiger partial charge in [-0.2, -0.15) is 0 Å². The first-order valence-electron chi connectivity index (χ1n) is 5.65. The van der Waals surface area contributed by atoms with E-state index in [0.717, 1.165) is 6.20 Å². The fourth-order valence-corrected chi connectivity index (χ4v) is 2.87. The molecule has 1 aromatic rings. The van der Waals surface area contributed by atoms with E-state index in [9.17, 15) is 18.0 Å². The minimum absolute atomic E-state index is 0.0341. The van der Waals surface area contributed by atoms with Crippen molar-refractivity contribution >= 4 is 27.9 Å². The number of amides is 1. The van der Waals surface area contributed by atoms with Gasteiger partial charge in [-0.25, -0.2) is 23.3 Å². The minimum atomic E-state index is -3.65. The number of primary sulfonamides is 1. The van der Waals surface area contributed by atoms with Crippen LogP contribution < -0.4 is 10.0 Å². The van der Waals surface area contributed by atoms with E-state index in [0.29, 0.717) is 0 Å². The molecule has 2 rings (SSSR count). The molecule has 20 heavy (non-hydrogen) atoms. The third-order valence-corrected chi connectivity index (χ3v) is 3.72. The van der Waals surface area contributed by atoms with Crippen molar-refractivity contribution in [1.82, 2.24) is 4.98 Å². The molecule has 0 bridgehead atoms. The third kappa shape index (κ3) is 3.14. The molecular formula is C10H13N3O6S. The Morgan fingerprint density at radius 1 is 1.65 bits per heavy atom. The highest BCUT2D eigenvalue weighted by atomic mass is 32.2. The summed E-state index contributed by atoms with van der Waals surface area (Å²) in [6.07, 6.45) is 1.17. The molecule has 1 amide bonds. The van der Waals surface area contributed by atoms with Gasteiger partial charge in [-0.05, 0) is 0 Å². The molecule has 1 aromatic heterocycles. The first-order chi connectivity index (χ1) is 9.30. The van der Waals surface area contributed by atoms with Gasteiger partial charge in [0.05, 0.1) is 19.1 Å². The molecule has 1 atom stereocenters. The Hall–Kier alpha value is -1.94. The average molecular weight is 303 g/mol. The molecule has 0 aromatic carbocycles. The van der Waals surface area contributed by atoms with Crippen LogP contribution in [0.2, 0.25) is 0 Å². The van der Waals surface area contributed by atoms with Crippen LogP contribution in [0.5, 0.6) is 0 Å². The molecule has 10 heteroatoms. The lowest BCUT2D eigenvalue weighted by Gasteiger charge is -2.11. The van der Waals surface area contributed by atoms with Gasteiger partial charge in [0.2, 0.25) is 21.7 Å². The SMILES string of the molecule is COC(=O)c1cnc(N2CC(CS(N)(=O)=O)CC2=O)o1. The summed E-state index contributed by atoms with van der Waals surface area (Å²) in [5, 5.41) is 4.95. The number of aromatic nitrogens is 1. The van der Waals surface area contributed by atoms with E-state index in [4.69, 9.17) is 9.56 Å². The number of sulfonamides is 1. The van der Waals surface area contributed by atoms with Crippen molar-refractivity contribution in [2.24, 2.45) is 11.1 Å². The lowest BCUT2D eigenvalue weighted by Crippen LogP contribution is -2.27. The van der Waals surface area contributed by atoms with E-state index in [1.165, 1.54) is 12.0 Å². The number of nitrogens with zero attached hydrogens (tertiary/aromatic N) is 2. The third-order valence-electron chi connectivity index (χ3n) is 2.78. The Kier molecular flexibility index (Phi) is 3.77. The van der Waals surface area contributed by atoms with Gasteiger partial charge in [-0.15, -0.1) is 0 Å². The highest BCUT2D eigenvalue weighted by Crippen LogP contribution is 2.25. The number of esters is 1. The van der Waals surface area contributed by atoms with E-state index in [1.54, 1.807) is 0 Å². The van der Waals surface area contributed by atoms with Crippen molar-refractivity contribution in [2.45, 2.75) is 6.42 Å². The maximum atomic E-state index is 11.8. The molecule has 0 spiro atoms. The van der Waals surface area contributed by atoms with E-state index in [2.05, 4.69) is 9.72 Å². The zero-order valence-corrected chi connectivity index (χ0v) is 11.4. The van der Waals surface area contributed by atoms with Crippen molar-refractivity contribution in [3.05, 3.63) is 12.0 Å². The molecule has 2 heterocycles. The molecular weight excluding hydrogens is 290 g/mol. The number of carbonyl (C=O) groups is 2. The first kappa shape index (κ1) is 14.5. The molecule has 110 valence electrons. The Labute approximate surface area is 114 Å². The van der Waals surface area contributed by atoms with E-state index >= 15 is 0 Å². The normalized spacial score (nSPS) is 19.4. The quantitative estimate of drug-likeness (QED) is 0.713. The van der Waals surface area contributed by atoms with Crippen LogP contribution in [0.25, 0.3) is 0 Å². The molecule has 1 aliphatic heterocycles. The number of hydrogen-bond donors (Lipinski definition) is 1. The fraction of sp³-hybridized carbons (Fsp3) is 0.500. The first-order valence-corrected chi connectivity index (χ1v) is 7.36. The van der Waals surface area contributed by atoms with Crippen LogP contribution in [0, 0.1) is 5.92 Å². The summed E-state index contributed by atoms with van der Waals surface area (Å²) in [4.78, 5) is 28.0. The molecule has 1 fully saturated rings. The Balaban J connectivity index is 2.12. The lowest BCUT2D eigenvalue weighted by atomic mass is 10.1. The number of carbonyl (C=O) groups excluding carboxylic acids is 2. The number of hydrogen-bond acceptors (Lipinski definition) is 7. The Morgan fingerprint density at radius 2 is 2.35 bits per heavy atom. The van der Waals surface area contributed by atoms with Crippen LogP contribution in [0.1, 0.15) is 17.0 Å². The highest BCUT2D eigenvalue weighted by molar-refractivity contribution is 7.89. The van der Waals surface area contributed by atoms with Crippen LogP contribution in [0.4, 0.5) is 6.01 Å². The average Bonchev–Trinajstić information content (AvgIpc) is 2.92. The monoisotopic (exact) mass is 303 g/mol. The standard InChI is InChI=1S/C10H13N3O6S/c1-18-9(15)7-3-12-10(19-7)13-4-6(2-8(13)14)5-20(11,16)17/h3,6H,2,4-5H2,1H3,(H2,11,16,17). The molecule has 1 saturated heterocycles. The predicted octanol–water partition coefficient (Wildman–Crippen LogP) is -0.897. The van der Waals surface area contributed by atoms with Crippen molar-refractivity contribution in [3.63, 3.8) is 0 Å². The summed E-state index contributed by atoms with van der Waals surface area (Å²) < 4.78 is 31.6. The van der Waals surface area contributed by atoms with Crippen molar-refractivity contribution in [3.8, 4) is 0 Å². The summed E-state index contributed by atoms with van der Waals surface area (Å²) in [6, 6.07) is -0.0627. The summed E-state index contributed by atoms with van der Waals surface area (Å²) in [5.41, 5.74) is 0. The van der Waals surface area contributed by atoms with Crippen molar-refractivity contribution < 1.29 is 27.2 Å². The van der Waals surface area contributed by atoms with Gasteiger partial charge >= 0.3 is 12.0 Å². The number of nitrogens with two attached hydrogens (primary N) is 1. The second-order valence-electron chi connectivity index (χ2n) is 4.40. The number of anilines is 1. The molecule has 0 saturated carbocycles. The van der Waals surface area contributed by atoms with Crippen LogP contribution in [0.15, 0.2) is 10.6 Å². The number of oxazole rings is 1. The summed E-state index contributed by atoms with van der Waals surface area (Å²) in [5.74, 6) is -1.90. The smallest absolute Gasteiger partial charge is 0.375 e. The summed E-state index contributed by atoms with van der Waals surface area (Å²) in [7, 11) is -2.46. The van der Waals surface area contributed by atoms with Crippen molar-refractivity contribution in [2.75, 3.05) is 24.3 Å². The molecule has 1 aliphatic rings. The van der Waals surface area contributed by atoms with Gasteiger partial charge in [0.1, 0.15) is 0 Å². The van der Waals surface area contributed by atoms with Gasteiger partial charge in [0, 0.05) is 18.9 Å². The predicted molar refractivity (Wildman–Crippen MR) is 66.3 cm³/mol. The maximum absolute atomic E-state index is 11.8. The molecule has 0 radical (unpaired) electrons. The number of ether oxygens (including phenoxy) is 1. The second-order valence-corrected chi connectivity index (χ2v) is 6.06. The van der Waals surface area contributed by atoms with E-state index in [-0.39, 0.29) is 36.4 Å². The summed E-state index contributed by atoms with van der Waals surface area (Å²) >= 11 is 0. The minimum Gasteiger partial charge on any atom is -0.463 e. The van der Waals surface area contributed by atoms with Crippen LogP contribution in [-0.4, -0.2) is 44.7 Å². The molecule has 2 N–H and O–H groups in total. The second kappa shape index (κ2) is 5.21. The number of rotatable bonds is 4. The van der Waals surface area contributed by atoms with Crippen LogP contribution >= 0.6 is 0 Å². The van der Waals surface area contributed by atoms with Gasteiger partial charge in [0.25, 0.3) is 0 Å². The van der Waals surface area contributed by atoms with Gasteiger partial charge in [-0.3, -0.25) is 9.69 Å². The zero-order valence-electron chi connectivity index (χ0n) is 10.6. The zero-order chi connectivity index (χ0) is 14.9. The molecule has 0 aliphatic carbocycles. The highest BCUT2D eigenvalue weighted by Gasteiger charge is 2.35. The van der Waals surface area contributed by atoms with Gasteiger partial charge < -0.3 is 9.15 Å². The van der Waals surface area contributed by atoms with Crippen LogP contribution in [-0.2, 0) is 19.6 Å². The van der Waals surface area contributed by atoms with Crippen LogP contribution in [0.3, 0.4) is 0 Å². The summed E-state index contributed by atoms with van der Waals surface area (Å²) in [6.45, 7) is 0.121. The Bertz CT molecular complexity index is 637. The number of methoxy groups -OCH3 is 1. The molecule has 1 unspecified atom stereocenters. The van der Waals surface area contributed by atoms with E-state index in [1.807, 2.05) is 0 Å². The fourth-order valence-electron chi connectivity index (χ4n) is 1.99. The van der Waals surface area contributed by atoms with Crippen molar-refractivity contribution in [1.29, 1.82) is 0 Å². The topological polar surface area (TPSA) is 133 Å².